The molecule has 0 aliphatic rings. The highest BCUT2D eigenvalue weighted by molar-refractivity contribution is 7.09. The standard InChI is InChI=1S/C12H20S/c1-12(2,3)9-5-4-7-11-8-6-10-13-11/h6,8,10H,4-5,7,9H2,1-3H3. The van der Waals surface area contributed by atoms with Crippen molar-refractivity contribution in [3.63, 3.8) is 0 Å². The van der Waals surface area contributed by atoms with Crippen LogP contribution in [0.5, 0.6) is 0 Å². The Morgan fingerprint density at radius 3 is 2.54 bits per heavy atom. The second kappa shape index (κ2) is 4.80. The average Bonchev–Trinajstić information content (AvgIpc) is 2.48. The van der Waals surface area contributed by atoms with Crippen molar-refractivity contribution in [3.05, 3.63) is 22.4 Å². The number of thiophene rings is 1. The molecule has 0 bridgehead atoms. The maximum atomic E-state index is 2.32. The minimum atomic E-state index is 0.509. The highest BCUT2D eigenvalue weighted by atomic mass is 32.1. The molecule has 0 saturated heterocycles. The minimum absolute atomic E-state index is 0.509. The molecule has 0 atom stereocenters. The maximum absolute atomic E-state index is 2.32. The largest absolute Gasteiger partial charge is 0.149 e. The Kier molecular flexibility index (Phi) is 3.98. The van der Waals surface area contributed by atoms with E-state index in [1.807, 2.05) is 11.3 Å². The van der Waals surface area contributed by atoms with Gasteiger partial charge in [-0.15, -0.1) is 11.3 Å². The summed E-state index contributed by atoms with van der Waals surface area (Å²) in [6.07, 6.45) is 5.32. The number of aryl methyl sites for hydroxylation is 1. The Bertz CT molecular complexity index is 216. The highest BCUT2D eigenvalue weighted by Crippen LogP contribution is 2.22. The normalized spacial score (nSPS) is 11.9. The van der Waals surface area contributed by atoms with E-state index in [-0.39, 0.29) is 0 Å². The fraction of sp³-hybridized carbons (Fsp3) is 0.667. The van der Waals surface area contributed by atoms with Crippen LogP contribution in [0.15, 0.2) is 17.5 Å². The van der Waals surface area contributed by atoms with Crippen LogP contribution in [0.1, 0.15) is 44.9 Å². The third-order valence-electron chi connectivity index (χ3n) is 2.18. The summed E-state index contributed by atoms with van der Waals surface area (Å²) in [7, 11) is 0. The lowest BCUT2D eigenvalue weighted by atomic mass is 9.89. The molecule has 0 amide bonds. The Labute approximate surface area is 86.0 Å². The fourth-order valence-corrected chi connectivity index (χ4v) is 2.16. The van der Waals surface area contributed by atoms with Crippen molar-refractivity contribution in [2.75, 3.05) is 0 Å². The zero-order valence-corrected chi connectivity index (χ0v) is 9.79. The van der Waals surface area contributed by atoms with E-state index in [0.29, 0.717) is 5.41 Å². The second-order valence-electron chi connectivity index (χ2n) is 4.85. The summed E-state index contributed by atoms with van der Waals surface area (Å²) < 4.78 is 0. The number of hydrogen-bond donors (Lipinski definition) is 0. The van der Waals surface area contributed by atoms with Gasteiger partial charge in [0, 0.05) is 4.88 Å². The van der Waals surface area contributed by atoms with E-state index in [2.05, 4.69) is 38.3 Å². The van der Waals surface area contributed by atoms with Gasteiger partial charge in [-0.05, 0) is 36.1 Å². The number of hydrogen-bond acceptors (Lipinski definition) is 1. The van der Waals surface area contributed by atoms with Gasteiger partial charge in [0.2, 0.25) is 0 Å². The van der Waals surface area contributed by atoms with Crippen LogP contribution in [0.4, 0.5) is 0 Å². The van der Waals surface area contributed by atoms with Crippen molar-refractivity contribution >= 4 is 11.3 Å². The SMILES string of the molecule is CC(C)(C)CCCCc1cccs1. The molecule has 0 radical (unpaired) electrons. The Morgan fingerprint density at radius 2 is 2.00 bits per heavy atom. The summed E-state index contributed by atoms with van der Waals surface area (Å²) in [6, 6.07) is 4.38. The van der Waals surface area contributed by atoms with Crippen LogP contribution >= 0.6 is 11.3 Å². The molecule has 1 aromatic heterocycles. The molecule has 1 heteroatoms. The van der Waals surface area contributed by atoms with Crippen molar-refractivity contribution in [1.29, 1.82) is 0 Å². The average molecular weight is 196 g/mol. The summed E-state index contributed by atoms with van der Waals surface area (Å²) >= 11 is 1.88. The zero-order chi connectivity index (χ0) is 9.73. The van der Waals surface area contributed by atoms with Gasteiger partial charge in [0.1, 0.15) is 0 Å². The smallest absolute Gasteiger partial charge is 0.00452 e. The van der Waals surface area contributed by atoms with E-state index in [0.717, 1.165) is 0 Å². The summed E-state index contributed by atoms with van der Waals surface area (Å²) in [5.41, 5.74) is 0.509. The van der Waals surface area contributed by atoms with Crippen LogP contribution in [-0.2, 0) is 6.42 Å². The first-order valence-electron chi connectivity index (χ1n) is 5.10. The Morgan fingerprint density at radius 1 is 1.23 bits per heavy atom. The molecule has 0 aromatic carbocycles. The summed E-state index contributed by atoms with van der Waals surface area (Å²) in [6.45, 7) is 6.95. The van der Waals surface area contributed by atoms with Gasteiger partial charge in [0.05, 0.1) is 0 Å². The number of rotatable bonds is 4. The first kappa shape index (κ1) is 10.8. The van der Waals surface area contributed by atoms with Gasteiger partial charge in [-0.3, -0.25) is 0 Å². The molecule has 0 saturated carbocycles. The first-order chi connectivity index (χ1) is 6.08. The molecule has 0 N–H and O–H groups in total. The van der Waals surface area contributed by atoms with Crippen LogP contribution in [0.3, 0.4) is 0 Å². The molecule has 0 spiro atoms. The van der Waals surface area contributed by atoms with Crippen molar-refractivity contribution in [2.24, 2.45) is 5.41 Å². The molecular weight excluding hydrogens is 176 g/mol. The lowest BCUT2D eigenvalue weighted by Gasteiger charge is -2.17. The predicted molar refractivity (Wildman–Crippen MR) is 61.3 cm³/mol. The third kappa shape index (κ3) is 5.09. The number of unbranched alkanes of at least 4 members (excludes halogenated alkanes) is 1. The van der Waals surface area contributed by atoms with E-state index in [1.165, 1.54) is 30.6 Å². The molecular formula is C12H20S. The molecule has 74 valence electrons. The third-order valence-corrected chi connectivity index (χ3v) is 3.12. The molecule has 1 heterocycles. The highest BCUT2D eigenvalue weighted by Gasteiger charge is 2.08. The molecule has 0 fully saturated rings. The molecule has 1 aromatic rings. The van der Waals surface area contributed by atoms with Crippen molar-refractivity contribution in [2.45, 2.75) is 46.5 Å². The van der Waals surface area contributed by atoms with Gasteiger partial charge in [0.15, 0.2) is 0 Å². The van der Waals surface area contributed by atoms with Crippen molar-refractivity contribution < 1.29 is 0 Å². The van der Waals surface area contributed by atoms with Gasteiger partial charge in [0.25, 0.3) is 0 Å². The molecule has 1 rings (SSSR count). The van der Waals surface area contributed by atoms with Crippen LogP contribution in [0.2, 0.25) is 0 Å². The Balaban J connectivity index is 2.09. The van der Waals surface area contributed by atoms with Crippen molar-refractivity contribution in [3.8, 4) is 0 Å². The van der Waals surface area contributed by atoms with E-state index in [9.17, 15) is 0 Å². The first-order valence-corrected chi connectivity index (χ1v) is 5.98. The predicted octanol–water partition coefficient (Wildman–Crippen LogP) is 4.51. The monoisotopic (exact) mass is 196 g/mol. The van der Waals surface area contributed by atoms with Gasteiger partial charge in [-0.25, -0.2) is 0 Å². The van der Waals surface area contributed by atoms with Gasteiger partial charge < -0.3 is 0 Å². The maximum Gasteiger partial charge on any atom is 0.00452 e. The summed E-state index contributed by atoms with van der Waals surface area (Å²) in [4.78, 5) is 1.54. The van der Waals surface area contributed by atoms with Gasteiger partial charge >= 0.3 is 0 Å². The van der Waals surface area contributed by atoms with Crippen LogP contribution in [0, 0.1) is 5.41 Å². The molecule has 0 nitrogen and oxygen atoms in total. The minimum Gasteiger partial charge on any atom is -0.149 e. The summed E-state index contributed by atoms with van der Waals surface area (Å²) in [5.74, 6) is 0. The molecule has 0 unspecified atom stereocenters. The van der Waals surface area contributed by atoms with E-state index in [4.69, 9.17) is 0 Å². The van der Waals surface area contributed by atoms with Crippen LogP contribution in [0.25, 0.3) is 0 Å². The molecule has 0 aliphatic heterocycles. The fourth-order valence-electron chi connectivity index (χ4n) is 1.41. The summed E-state index contributed by atoms with van der Waals surface area (Å²) in [5, 5.41) is 2.17. The molecule has 13 heavy (non-hydrogen) atoms. The topological polar surface area (TPSA) is 0 Å². The van der Waals surface area contributed by atoms with E-state index < -0.39 is 0 Å². The van der Waals surface area contributed by atoms with Crippen LogP contribution < -0.4 is 0 Å². The van der Waals surface area contributed by atoms with E-state index >= 15 is 0 Å². The van der Waals surface area contributed by atoms with Gasteiger partial charge in [-0.2, -0.15) is 0 Å². The van der Waals surface area contributed by atoms with Crippen molar-refractivity contribution in [1.82, 2.24) is 0 Å². The molecule has 0 aliphatic carbocycles. The second-order valence-corrected chi connectivity index (χ2v) is 5.88. The lowest BCUT2D eigenvalue weighted by Crippen LogP contribution is -2.04. The van der Waals surface area contributed by atoms with Crippen LogP contribution in [-0.4, -0.2) is 0 Å². The Hall–Kier alpha value is -0.300. The zero-order valence-electron chi connectivity index (χ0n) is 8.97. The lowest BCUT2D eigenvalue weighted by molar-refractivity contribution is 0.360. The van der Waals surface area contributed by atoms with Gasteiger partial charge in [-0.1, -0.05) is 33.3 Å². The quantitative estimate of drug-likeness (QED) is 0.622. The van der Waals surface area contributed by atoms with E-state index in [1.54, 1.807) is 0 Å².